The predicted molar refractivity (Wildman–Crippen MR) is 65.6 cm³/mol. The van der Waals surface area contributed by atoms with Crippen LogP contribution >= 0.6 is 11.6 Å². The molecule has 1 aromatic heterocycles. The predicted octanol–water partition coefficient (Wildman–Crippen LogP) is -0.176. The number of nitrogens with zero attached hydrogens (tertiary/aromatic N) is 3. The van der Waals surface area contributed by atoms with E-state index in [0.717, 1.165) is 0 Å². The molecule has 19 heavy (non-hydrogen) atoms. The third-order valence-electron chi connectivity index (χ3n) is 2.31. The van der Waals surface area contributed by atoms with Gasteiger partial charge in [0.2, 0.25) is 10.0 Å². The molecule has 0 saturated carbocycles. The smallest absolute Gasteiger partial charge is 0.240 e. The highest BCUT2D eigenvalue weighted by molar-refractivity contribution is 7.89. The number of hydrogen-bond donors (Lipinski definition) is 3. The largest absolute Gasteiger partial charge is 0.392 e. The Kier molecular flexibility index (Phi) is 4.10. The molecule has 0 fully saturated rings. The third kappa shape index (κ3) is 3.26. The van der Waals surface area contributed by atoms with Crippen LogP contribution in [0.5, 0.6) is 0 Å². The highest BCUT2D eigenvalue weighted by atomic mass is 35.5. The van der Waals surface area contributed by atoms with Crippen LogP contribution in [-0.4, -0.2) is 34.1 Å². The number of aromatic nitrogens is 4. The molecule has 0 spiro atoms. The summed E-state index contributed by atoms with van der Waals surface area (Å²) in [6, 6.07) is 4.07. The minimum absolute atomic E-state index is 0.00412. The minimum atomic E-state index is -3.73. The van der Waals surface area contributed by atoms with Crippen molar-refractivity contribution in [2.75, 3.05) is 0 Å². The summed E-state index contributed by atoms with van der Waals surface area (Å²) in [6.45, 7) is -0.428. The van der Waals surface area contributed by atoms with E-state index in [4.69, 9.17) is 16.7 Å². The van der Waals surface area contributed by atoms with Crippen LogP contribution in [0.25, 0.3) is 0 Å². The molecule has 8 nitrogen and oxygen atoms in total. The van der Waals surface area contributed by atoms with Crippen LogP contribution in [0.1, 0.15) is 11.4 Å². The average molecular weight is 304 g/mol. The summed E-state index contributed by atoms with van der Waals surface area (Å²) in [6.07, 6.45) is 0. The fourth-order valence-electron chi connectivity index (χ4n) is 1.34. The number of H-pyrrole nitrogens is 1. The van der Waals surface area contributed by atoms with E-state index in [1.54, 1.807) is 0 Å². The molecule has 0 saturated heterocycles. The Hall–Kier alpha value is -1.55. The van der Waals surface area contributed by atoms with Crippen molar-refractivity contribution in [3.8, 4) is 0 Å². The molecule has 0 atom stereocenters. The first kappa shape index (κ1) is 13.9. The standard InChI is InChI=1S/C9H10ClN5O3S/c10-8-2-1-7(3-6(8)5-16)19(17,18)11-4-9-12-14-15-13-9/h1-3,11,16H,4-5H2,(H,12,13,14,15). The molecule has 3 N–H and O–H groups in total. The van der Waals surface area contributed by atoms with Crippen molar-refractivity contribution in [1.29, 1.82) is 0 Å². The molecular formula is C9H10ClN5O3S. The fourth-order valence-corrected chi connectivity index (χ4v) is 2.55. The molecule has 1 heterocycles. The number of nitrogens with one attached hydrogen (secondary N) is 2. The lowest BCUT2D eigenvalue weighted by Gasteiger charge is -2.07. The van der Waals surface area contributed by atoms with Gasteiger partial charge in [-0.2, -0.15) is 5.21 Å². The molecule has 2 aromatic rings. The molecule has 1 aromatic carbocycles. The number of benzene rings is 1. The van der Waals surface area contributed by atoms with E-state index in [1.165, 1.54) is 18.2 Å². The lowest BCUT2D eigenvalue weighted by molar-refractivity contribution is 0.281. The zero-order valence-corrected chi connectivity index (χ0v) is 11.1. The minimum Gasteiger partial charge on any atom is -0.392 e. The van der Waals surface area contributed by atoms with E-state index in [0.29, 0.717) is 10.6 Å². The molecule has 0 aliphatic heterocycles. The Morgan fingerprint density at radius 1 is 1.42 bits per heavy atom. The molecule has 0 bridgehead atoms. The summed E-state index contributed by atoms with van der Waals surface area (Å²) in [4.78, 5) is 0.00412. The van der Waals surface area contributed by atoms with E-state index in [9.17, 15) is 8.42 Å². The molecule has 10 heteroatoms. The second-order valence-electron chi connectivity index (χ2n) is 3.56. The monoisotopic (exact) mass is 303 g/mol. The number of aromatic amines is 1. The van der Waals surface area contributed by atoms with Gasteiger partial charge in [0.15, 0.2) is 5.82 Å². The number of rotatable bonds is 5. The van der Waals surface area contributed by atoms with Gasteiger partial charge >= 0.3 is 0 Å². The first-order valence-corrected chi connectivity index (χ1v) is 7.00. The van der Waals surface area contributed by atoms with Gasteiger partial charge in [0.05, 0.1) is 18.0 Å². The van der Waals surface area contributed by atoms with Gasteiger partial charge in [-0.25, -0.2) is 13.1 Å². The second kappa shape index (κ2) is 5.61. The first-order valence-electron chi connectivity index (χ1n) is 5.14. The molecule has 0 radical (unpaired) electrons. The number of tetrazole rings is 1. The zero-order valence-electron chi connectivity index (χ0n) is 9.54. The summed E-state index contributed by atoms with van der Waals surface area (Å²) in [5.74, 6) is 0.222. The Morgan fingerprint density at radius 2 is 2.21 bits per heavy atom. The van der Waals surface area contributed by atoms with Gasteiger partial charge in [0.1, 0.15) is 0 Å². The highest BCUT2D eigenvalue weighted by Gasteiger charge is 2.16. The van der Waals surface area contributed by atoms with Crippen LogP contribution in [-0.2, 0) is 23.2 Å². The summed E-state index contributed by atoms with van der Waals surface area (Å²) in [5.41, 5.74) is 0.337. The van der Waals surface area contributed by atoms with Crippen molar-refractivity contribution < 1.29 is 13.5 Å². The van der Waals surface area contributed by atoms with E-state index in [-0.39, 0.29) is 23.9 Å². The average Bonchev–Trinajstić information content (AvgIpc) is 2.90. The Balaban J connectivity index is 2.19. The van der Waals surface area contributed by atoms with Crippen LogP contribution < -0.4 is 4.72 Å². The highest BCUT2D eigenvalue weighted by Crippen LogP contribution is 2.20. The maximum absolute atomic E-state index is 12.0. The lowest BCUT2D eigenvalue weighted by Crippen LogP contribution is -2.24. The van der Waals surface area contributed by atoms with E-state index < -0.39 is 10.0 Å². The molecular weight excluding hydrogens is 294 g/mol. The van der Waals surface area contributed by atoms with Crippen molar-refractivity contribution in [3.63, 3.8) is 0 Å². The van der Waals surface area contributed by atoms with Crippen LogP contribution in [0, 0.1) is 0 Å². The van der Waals surface area contributed by atoms with Crippen molar-refractivity contribution in [2.24, 2.45) is 0 Å². The van der Waals surface area contributed by atoms with Crippen molar-refractivity contribution >= 4 is 21.6 Å². The van der Waals surface area contributed by atoms with E-state index in [1.807, 2.05) is 0 Å². The zero-order chi connectivity index (χ0) is 13.9. The molecule has 102 valence electrons. The van der Waals surface area contributed by atoms with Crippen LogP contribution in [0.15, 0.2) is 23.1 Å². The Bertz CT molecular complexity index is 658. The third-order valence-corrected chi connectivity index (χ3v) is 4.07. The van der Waals surface area contributed by atoms with Gasteiger partial charge in [-0.3, -0.25) is 0 Å². The van der Waals surface area contributed by atoms with Crippen LogP contribution in [0.2, 0.25) is 5.02 Å². The summed E-state index contributed by atoms with van der Waals surface area (Å²) < 4.78 is 26.3. The first-order chi connectivity index (χ1) is 9.03. The molecule has 0 aliphatic rings. The van der Waals surface area contributed by atoms with Crippen LogP contribution in [0.3, 0.4) is 0 Å². The van der Waals surface area contributed by atoms with Crippen molar-refractivity contribution in [3.05, 3.63) is 34.6 Å². The van der Waals surface area contributed by atoms with Crippen molar-refractivity contribution in [1.82, 2.24) is 25.3 Å². The van der Waals surface area contributed by atoms with Gasteiger partial charge in [0, 0.05) is 5.02 Å². The Labute approximate surface area is 113 Å². The van der Waals surface area contributed by atoms with Crippen molar-refractivity contribution in [2.45, 2.75) is 18.0 Å². The second-order valence-corrected chi connectivity index (χ2v) is 5.74. The maximum atomic E-state index is 12.0. The van der Waals surface area contributed by atoms with E-state index in [2.05, 4.69) is 25.3 Å². The number of sulfonamides is 1. The van der Waals surface area contributed by atoms with E-state index >= 15 is 0 Å². The van der Waals surface area contributed by atoms with Crippen LogP contribution in [0.4, 0.5) is 0 Å². The quantitative estimate of drug-likeness (QED) is 0.705. The van der Waals surface area contributed by atoms with Gasteiger partial charge in [0.25, 0.3) is 0 Å². The topological polar surface area (TPSA) is 121 Å². The fraction of sp³-hybridized carbons (Fsp3) is 0.222. The Morgan fingerprint density at radius 3 is 2.84 bits per heavy atom. The SMILES string of the molecule is O=S(=O)(NCc1nn[nH]n1)c1ccc(Cl)c(CO)c1. The molecule has 2 rings (SSSR count). The summed E-state index contributed by atoms with van der Waals surface area (Å²) in [5, 5.41) is 22.1. The van der Waals surface area contributed by atoms with Gasteiger partial charge in [-0.15, -0.1) is 10.2 Å². The summed E-state index contributed by atoms with van der Waals surface area (Å²) in [7, 11) is -3.73. The maximum Gasteiger partial charge on any atom is 0.240 e. The lowest BCUT2D eigenvalue weighted by atomic mass is 10.2. The molecule has 0 aliphatic carbocycles. The van der Waals surface area contributed by atoms with Gasteiger partial charge in [-0.05, 0) is 23.8 Å². The molecule has 0 unspecified atom stereocenters. The normalized spacial score (nSPS) is 11.7. The molecule has 0 amide bonds. The summed E-state index contributed by atoms with van der Waals surface area (Å²) >= 11 is 5.80. The van der Waals surface area contributed by atoms with Gasteiger partial charge in [-0.1, -0.05) is 16.8 Å². The number of halogens is 1. The number of aliphatic hydroxyl groups excluding tert-OH is 1. The van der Waals surface area contributed by atoms with Gasteiger partial charge < -0.3 is 5.11 Å². The number of hydrogen-bond acceptors (Lipinski definition) is 6. The number of aliphatic hydroxyl groups is 1.